The highest BCUT2D eigenvalue weighted by Crippen LogP contribution is 2.37. The molecule has 0 aliphatic carbocycles. The van der Waals surface area contributed by atoms with Crippen molar-refractivity contribution in [2.45, 2.75) is 36.7 Å². The summed E-state index contributed by atoms with van der Waals surface area (Å²) in [6.07, 6.45) is 3.98. The van der Waals surface area contributed by atoms with Crippen LogP contribution < -0.4 is 14.9 Å². The first kappa shape index (κ1) is 25.7. The van der Waals surface area contributed by atoms with Crippen molar-refractivity contribution in [1.29, 1.82) is 0 Å². The van der Waals surface area contributed by atoms with Crippen LogP contribution in [0.1, 0.15) is 47.2 Å². The molecule has 0 bridgehead atoms. The van der Waals surface area contributed by atoms with E-state index in [9.17, 15) is 18.0 Å². The van der Waals surface area contributed by atoms with Crippen molar-refractivity contribution in [3.8, 4) is 0 Å². The molecule has 1 unspecified atom stereocenters. The summed E-state index contributed by atoms with van der Waals surface area (Å²) < 4.78 is 34.2. The van der Waals surface area contributed by atoms with Gasteiger partial charge in [-0.15, -0.1) is 0 Å². The largest absolute Gasteiger partial charge is 0.455 e. The lowest BCUT2D eigenvalue weighted by atomic mass is 9.98. The Labute approximate surface area is 222 Å². The number of amides is 2. The van der Waals surface area contributed by atoms with Gasteiger partial charge in [0.05, 0.1) is 23.2 Å². The standard InChI is InChI=1S/C28H30N4O5S/c1-2-27(33)30-24-15-18-32(25-8-4-3-7-23(24)25)38(35,36)22-12-9-20(10-13-22)29-28(34)26-14-11-21(37-26)19-31-16-5-6-17-31/h2-4,7-14,24H,1,5-6,15-19H2,(H,29,34)(H,30,33). The number of likely N-dealkylation sites (tertiary alicyclic amines) is 1. The first-order chi connectivity index (χ1) is 18.3. The molecule has 9 nitrogen and oxygen atoms in total. The van der Waals surface area contributed by atoms with Crippen molar-refractivity contribution in [3.05, 3.63) is 90.4 Å². The maximum Gasteiger partial charge on any atom is 0.291 e. The number of anilines is 2. The fourth-order valence-corrected chi connectivity index (χ4v) is 6.44. The molecule has 1 aromatic heterocycles. The summed E-state index contributed by atoms with van der Waals surface area (Å²) in [5.41, 5.74) is 1.70. The number of fused-ring (bicyclic) bond motifs is 1. The lowest BCUT2D eigenvalue weighted by Crippen LogP contribution is -2.40. The van der Waals surface area contributed by atoms with Crippen LogP contribution in [-0.4, -0.2) is 44.8 Å². The average molecular weight is 535 g/mol. The summed E-state index contributed by atoms with van der Waals surface area (Å²) in [5, 5.41) is 5.63. The van der Waals surface area contributed by atoms with Crippen LogP contribution in [0, 0.1) is 0 Å². The number of carbonyl (C=O) groups excluding carboxylic acids is 2. The lowest BCUT2D eigenvalue weighted by Gasteiger charge is -2.35. The average Bonchev–Trinajstić information content (AvgIpc) is 3.62. The lowest BCUT2D eigenvalue weighted by molar-refractivity contribution is -0.117. The van der Waals surface area contributed by atoms with Gasteiger partial charge in [0.15, 0.2) is 5.76 Å². The molecule has 3 aromatic rings. The molecule has 2 N–H and O–H groups in total. The van der Waals surface area contributed by atoms with E-state index in [0.29, 0.717) is 24.3 Å². The number of benzene rings is 2. The number of hydrogen-bond acceptors (Lipinski definition) is 6. The molecule has 0 saturated carbocycles. The predicted octanol–water partition coefficient (Wildman–Crippen LogP) is 4.07. The van der Waals surface area contributed by atoms with Crippen molar-refractivity contribution in [2.75, 3.05) is 29.3 Å². The van der Waals surface area contributed by atoms with Crippen LogP contribution in [-0.2, 0) is 21.4 Å². The van der Waals surface area contributed by atoms with Crippen LogP contribution in [0.25, 0.3) is 0 Å². The van der Waals surface area contributed by atoms with Crippen molar-refractivity contribution < 1.29 is 22.4 Å². The van der Waals surface area contributed by atoms with Gasteiger partial charge in [-0.05, 0) is 86.5 Å². The second-order valence-electron chi connectivity index (χ2n) is 9.42. The summed E-state index contributed by atoms with van der Waals surface area (Å²) in [7, 11) is -3.87. The van der Waals surface area contributed by atoms with Gasteiger partial charge in [0.1, 0.15) is 5.76 Å². The summed E-state index contributed by atoms with van der Waals surface area (Å²) in [5.74, 6) is 0.243. The zero-order valence-electron chi connectivity index (χ0n) is 20.9. The SMILES string of the molecule is C=CC(=O)NC1CCN(S(=O)(=O)c2ccc(NC(=O)c3ccc(CN4CCCC4)o3)cc2)c2ccccc21. The van der Waals surface area contributed by atoms with Gasteiger partial charge in [0.2, 0.25) is 5.91 Å². The van der Waals surface area contributed by atoms with Crippen molar-refractivity contribution in [2.24, 2.45) is 0 Å². The molecule has 198 valence electrons. The first-order valence-corrected chi connectivity index (χ1v) is 14.1. The molecule has 1 fully saturated rings. The van der Waals surface area contributed by atoms with E-state index >= 15 is 0 Å². The molecule has 0 radical (unpaired) electrons. The summed E-state index contributed by atoms with van der Waals surface area (Å²) in [6, 6.07) is 16.3. The zero-order chi connectivity index (χ0) is 26.7. The van der Waals surface area contributed by atoms with E-state index in [2.05, 4.69) is 22.1 Å². The maximum atomic E-state index is 13.6. The highest BCUT2D eigenvalue weighted by Gasteiger charge is 2.33. The van der Waals surface area contributed by atoms with Crippen LogP contribution in [0.15, 0.2) is 82.6 Å². The number of furan rings is 1. The predicted molar refractivity (Wildman–Crippen MR) is 144 cm³/mol. The van der Waals surface area contributed by atoms with Crippen molar-refractivity contribution in [3.63, 3.8) is 0 Å². The number of nitrogens with one attached hydrogen (secondary N) is 2. The highest BCUT2D eigenvalue weighted by atomic mass is 32.2. The topological polar surface area (TPSA) is 112 Å². The molecule has 0 spiro atoms. The Morgan fingerprint density at radius 3 is 2.47 bits per heavy atom. The van der Waals surface area contributed by atoms with Gasteiger partial charge in [-0.25, -0.2) is 8.42 Å². The number of sulfonamides is 1. The molecule has 1 saturated heterocycles. The Bertz CT molecular complexity index is 1440. The maximum absolute atomic E-state index is 13.6. The summed E-state index contributed by atoms with van der Waals surface area (Å²) in [6.45, 7) is 6.44. The van der Waals surface area contributed by atoms with Gasteiger partial charge in [-0.2, -0.15) is 0 Å². The number of nitrogens with zero attached hydrogens (tertiary/aromatic N) is 2. The van der Waals surface area contributed by atoms with Gasteiger partial charge in [0.25, 0.3) is 15.9 Å². The Balaban J connectivity index is 1.28. The quantitative estimate of drug-likeness (QED) is 0.422. The van der Waals surface area contributed by atoms with Crippen LogP contribution in [0.5, 0.6) is 0 Å². The third-order valence-corrected chi connectivity index (χ3v) is 8.69. The smallest absolute Gasteiger partial charge is 0.291 e. The number of hydrogen-bond donors (Lipinski definition) is 2. The summed E-state index contributed by atoms with van der Waals surface area (Å²) >= 11 is 0. The third-order valence-electron chi connectivity index (χ3n) is 6.87. The Kier molecular flexibility index (Phi) is 7.35. The van der Waals surface area contributed by atoms with E-state index in [1.54, 1.807) is 30.3 Å². The molecule has 3 heterocycles. The molecule has 2 aromatic carbocycles. The first-order valence-electron chi connectivity index (χ1n) is 12.6. The summed E-state index contributed by atoms with van der Waals surface area (Å²) in [4.78, 5) is 26.9. The van der Waals surface area contributed by atoms with Crippen molar-refractivity contribution in [1.82, 2.24) is 10.2 Å². The van der Waals surface area contributed by atoms with E-state index in [1.807, 2.05) is 18.2 Å². The molecule has 38 heavy (non-hydrogen) atoms. The fraction of sp³-hybridized carbons (Fsp3) is 0.286. The second kappa shape index (κ2) is 10.8. The molecular formula is C28H30N4O5S. The normalized spacial score (nSPS) is 17.6. The van der Waals surface area contributed by atoms with E-state index in [-0.39, 0.29) is 29.1 Å². The number of rotatable bonds is 8. The molecule has 2 amide bonds. The third kappa shape index (κ3) is 5.36. The molecule has 2 aliphatic rings. The Hall–Kier alpha value is -3.89. The molecular weight excluding hydrogens is 504 g/mol. The van der Waals surface area contributed by atoms with E-state index < -0.39 is 15.9 Å². The van der Waals surface area contributed by atoms with Crippen LogP contribution in [0.2, 0.25) is 0 Å². The van der Waals surface area contributed by atoms with Gasteiger partial charge < -0.3 is 15.1 Å². The highest BCUT2D eigenvalue weighted by molar-refractivity contribution is 7.92. The minimum absolute atomic E-state index is 0.102. The fourth-order valence-electron chi connectivity index (χ4n) is 4.94. The van der Waals surface area contributed by atoms with E-state index in [1.165, 1.54) is 35.4 Å². The monoisotopic (exact) mass is 534 g/mol. The molecule has 1 atom stereocenters. The van der Waals surface area contributed by atoms with Crippen LogP contribution in [0.4, 0.5) is 11.4 Å². The molecule has 5 rings (SSSR count). The zero-order valence-corrected chi connectivity index (χ0v) is 21.7. The Morgan fingerprint density at radius 2 is 1.74 bits per heavy atom. The van der Waals surface area contributed by atoms with E-state index in [4.69, 9.17) is 4.42 Å². The van der Waals surface area contributed by atoms with Crippen molar-refractivity contribution >= 4 is 33.2 Å². The Morgan fingerprint density at radius 1 is 1.00 bits per heavy atom. The number of para-hydroxylation sites is 1. The van der Waals surface area contributed by atoms with Gasteiger partial charge in [-0.1, -0.05) is 24.8 Å². The van der Waals surface area contributed by atoms with E-state index in [0.717, 1.165) is 24.4 Å². The van der Waals surface area contributed by atoms with Gasteiger partial charge in [-0.3, -0.25) is 18.8 Å². The second-order valence-corrected chi connectivity index (χ2v) is 11.3. The van der Waals surface area contributed by atoms with Crippen LogP contribution in [0.3, 0.4) is 0 Å². The van der Waals surface area contributed by atoms with Crippen LogP contribution >= 0.6 is 0 Å². The van der Waals surface area contributed by atoms with Gasteiger partial charge >= 0.3 is 0 Å². The van der Waals surface area contributed by atoms with Gasteiger partial charge in [0, 0.05) is 12.2 Å². The minimum atomic E-state index is -3.87. The molecule has 10 heteroatoms. The molecule has 2 aliphatic heterocycles. The number of carbonyl (C=O) groups is 2. The minimum Gasteiger partial charge on any atom is -0.455 e.